The molecule has 0 bridgehead atoms. The molecule has 1 unspecified atom stereocenters. The molecular formula is C23H16F5N3O6. The molecule has 2 aromatic carbocycles. The van der Waals surface area contributed by atoms with Gasteiger partial charge >= 0.3 is 5.97 Å². The minimum absolute atomic E-state index is 0.0189. The summed E-state index contributed by atoms with van der Waals surface area (Å²) >= 11 is 0. The molecule has 0 radical (unpaired) electrons. The molecule has 1 atom stereocenters. The van der Waals surface area contributed by atoms with Crippen LogP contribution in [0, 0.1) is 29.1 Å². The lowest BCUT2D eigenvalue weighted by Gasteiger charge is -2.27. The van der Waals surface area contributed by atoms with Crippen LogP contribution in [-0.4, -0.2) is 47.1 Å². The van der Waals surface area contributed by atoms with Gasteiger partial charge in [-0.1, -0.05) is 6.07 Å². The Labute approximate surface area is 204 Å². The molecule has 14 heteroatoms. The van der Waals surface area contributed by atoms with E-state index in [1.54, 1.807) is 0 Å². The number of ether oxygens (including phenoxy) is 1. The lowest BCUT2D eigenvalue weighted by molar-refractivity contribution is -0.136. The first-order valence-corrected chi connectivity index (χ1v) is 10.8. The molecule has 2 aromatic rings. The molecular weight excluding hydrogens is 509 g/mol. The molecule has 4 amide bonds. The van der Waals surface area contributed by atoms with Crippen molar-refractivity contribution in [2.24, 2.45) is 0 Å². The zero-order valence-electron chi connectivity index (χ0n) is 18.6. The SMILES string of the molecule is O=C1CCC(N2C(=O)c3cccc(NCCCC(=O)Oc4c(F)c(F)c(F)c(F)c4F)c3C2=O)C(=O)N1. The van der Waals surface area contributed by atoms with Crippen molar-refractivity contribution in [2.75, 3.05) is 11.9 Å². The summed E-state index contributed by atoms with van der Waals surface area (Å²) in [5.41, 5.74) is 0.186. The van der Waals surface area contributed by atoms with Gasteiger partial charge in [0.05, 0.1) is 11.1 Å². The van der Waals surface area contributed by atoms with E-state index in [1.165, 1.54) is 18.2 Å². The number of imide groups is 2. The second-order valence-corrected chi connectivity index (χ2v) is 8.08. The molecule has 9 nitrogen and oxygen atoms in total. The van der Waals surface area contributed by atoms with E-state index in [0.717, 1.165) is 4.90 Å². The second kappa shape index (κ2) is 9.95. The van der Waals surface area contributed by atoms with Gasteiger partial charge in [0.2, 0.25) is 46.6 Å². The number of anilines is 1. The van der Waals surface area contributed by atoms with Crippen LogP contribution < -0.4 is 15.4 Å². The summed E-state index contributed by atoms with van der Waals surface area (Å²) in [6.07, 6.45) is -0.631. The number of benzene rings is 2. The highest BCUT2D eigenvalue weighted by atomic mass is 19.2. The molecule has 0 spiro atoms. The van der Waals surface area contributed by atoms with Gasteiger partial charge in [-0.15, -0.1) is 0 Å². The number of rotatable bonds is 7. The van der Waals surface area contributed by atoms with E-state index in [1.807, 2.05) is 0 Å². The number of hydrogen-bond donors (Lipinski definition) is 2. The van der Waals surface area contributed by atoms with Gasteiger partial charge in [-0.05, 0) is 25.0 Å². The summed E-state index contributed by atoms with van der Waals surface area (Å²) in [6, 6.07) is 3.16. The fraction of sp³-hybridized carbons (Fsp3) is 0.261. The molecule has 0 aromatic heterocycles. The monoisotopic (exact) mass is 525 g/mol. The van der Waals surface area contributed by atoms with E-state index in [-0.39, 0.29) is 42.6 Å². The van der Waals surface area contributed by atoms with Crippen molar-refractivity contribution in [3.8, 4) is 5.75 Å². The van der Waals surface area contributed by atoms with Gasteiger partial charge in [0.1, 0.15) is 6.04 Å². The van der Waals surface area contributed by atoms with Gasteiger partial charge in [0.15, 0.2) is 0 Å². The average molecular weight is 525 g/mol. The highest BCUT2D eigenvalue weighted by Gasteiger charge is 2.45. The topological polar surface area (TPSA) is 122 Å². The third-order valence-electron chi connectivity index (χ3n) is 5.73. The van der Waals surface area contributed by atoms with Crippen LogP contribution in [0.25, 0.3) is 0 Å². The van der Waals surface area contributed by atoms with Crippen LogP contribution in [0.15, 0.2) is 18.2 Å². The third-order valence-corrected chi connectivity index (χ3v) is 5.73. The van der Waals surface area contributed by atoms with Gasteiger partial charge < -0.3 is 10.1 Å². The van der Waals surface area contributed by atoms with Crippen molar-refractivity contribution in [2.45, 2.75) is 31.7 Å². The highest BCUT2D eigenvalue weighted by Crippen LogP contribution is 2.33. The number of carbonyl (C=O) groups excluding carboxylic acids is 5. The summed E-state index contributed by atoms with van der Waals surface area (Å²) in [5.74, 6) is -17.2. The van der Waals surface area contributed by atoms with Crippen molar-refractivity contribution in [3.05, 3.63) is 58.4 Å². The zero-order valence-corrected chi connectivity index (χ0v) is 18.6. The second-order valence-electron chi connectivity index (χ2n) is 8.08. The lowest BCUT2D eigenvalue weighted by atomic mass is 10.0. The number of piperidine rings is 1. The molecule has 2 aliphatic heterocycles. The third kappa shape index (κ3) is 4.61. The van der Waals surface area contributed by atoms with Crippen LogP contribution >= 0.6 is 0 Å². The van der Waals surface area contributed by atoms with Crippen molar-refractivity contribution >= 4 is 35.3 Å². The Hall–Kier alpha value is -4.36. The van der Waals surface area contributed by atoms with Crippen molar-refractivity contribution in [1.82, 2.24) is 10.2 Å². The largest absolute Gasteiger partial charge is 0.420 e. The van der Waals surface area contributed by atoms with Crippen LogP contribution in [-0.2, 0) is 14.4 Å². The number of amides is 4. The molecule has 4 rings (SSSR count). The normalized spacial score (nSPS) is 17.1. The quantitative estimate of drug-likeness (QED) is 0.108. The number of fused-ring (bicyclic) bond motifs is 1. The summed E-state index contributed by atoms with van der Waals surface area (Å²) in [7, 11) is 0. The van der Waals surface area contributed by atoms with Crippen LogP contribution in [0.2, 0.25) is 0 Å². The van der Waals surface area contributed by atoms with E-state index < -0.39 is 76.9 Å². The molecule has 1 saturated heterocycles. The Bertz CT molecular complexity index is 1340. The molecule has 0 saturated carbocycles. The van der Waals surface area contributed by atoms with Crippen LogP contribution in [0.3, 0.4) is 0 Å². The van der Waals surface area contributed by atoms with Crippen LogP contribution in [0.1, 0.15) is 46.4 Å². The first-order valence-electron chi connectivity index (χ1n) is 10.8. The standard InChI is InChI=1S/C23H16F5N3O6/c24-15-16(25)18(27)20(19(28)17(15)26)37-13(33)5-2-8-29-10-4-1-3-9-14(10)23(36)31(22(9)35)11-6-7-12(32)30-21(11)34/h1,3-4,11,29H,2,5-8H2,(H,30,32,34). The maximum absolute atomic E-state index is 13.7. The summed E-state index contributed by atoms with van der Waals surface area (Å²) in [4.78, 5) is 62.1. The summed E-state index contributed by atoms with van der Waals surface area (Å²) in [5, 5.41) is 4.91. The van der Waals surface area contributed by atoms with E-state index >= 15 is 0 Å². The van der Waals surface area contributed by atoms with Crippen molar-refractivity contribution in [1.29, 1.82) is 0 Å². The smallest absolute Gasteiger partial charge is 0.311 e. The zero-order chi connectivity index (χ0) is 27.0. The van der Waals surface area contributed by atoms with Crippen molar-refractivity contribution < 1.29 is 50.7 Å². The minimum atomic E-state index is -2.39. The Morgan fingerprint density at radius 2 is 1.62 bits per heavy atom. The Balaban J connectivity index is 1.39. The fourth-order valence-corrected chi connectivity index (χ4v) is 3.96. The summed E-state index contributed by atoms with van der Waals surface area (Å²) < 4.78 is 71.2. The van der Waals surface area contributed by atoms with Gasteiger partial charge in [0.25, 0.3) is 11.8 Å². The van der Waals surface area contributed by atoms with Gasteiger partial charge in [0, 0.05) is 25.1 Å². The predicted molar refractivity (Wildman–Crippen MR) is 113 cm³/mol. The molecule has 194 valence electrons. The van der Waals surface area contributed by atoms with E-state index in [9.17, 15) is 45.9 Å². The first kappa shape index (κ1) is 25.7. The Kier molecular flexibility index (Phi) is 6.92. The molecule has 2 N–H and O–H groups in total. The molecule has 0 aliphatic carbocycles. The minimum Gasteiger partial charge on any atom is -0.420 e. The van der Waals surface area contributed by atoms with Gasteiger partial charge in [-0.25, -0.2) is 13.2 Å². The fourth-order valence-electron chi connectivity index (χ4n) is 3.96. The van der Waals surface area contributed by atoms with E-state index in [0.29, 0.717) is 0 Å². The first-order chi connectivity index (χ1) is 17.5. The van der Waals surface area contributed by atoms with Crippen LogP contribution in [0.4, 0.5) is 27.6 Å². The number of nitrogens with zero attached hydrogens (tertiary/aromatic N) is 1. The summed E-state index contributed by atoms with van der Waals surface area (Å²) in [6.45, 7) is -0.0253. The number of esters is 1. The average Bonchev–Trinajstić information content (AvgIpc) is 3.12. The number of halogens is 5. The number of hydrogen-bond acceptors (Lipinski definition) is 7. The Morgan fingerprint density at radius 1 is 0.973 bits per heavy atom. The predicted octanol–water partition coefficient (Wildman–Crippen LogP) is 2.58. The van der Waals surface area contributed by atoms with E-state index in [2.05, 4.69) is 15.4 Å². The molecule has 2 heterocycles. The number of carbonyl (C=O) groups is 5. The Morgan fingerprint density at radius 3 is 2.27 bits per heavy atom. The maximum Gasteiger partial charge on any atom is 0.311 e. The van der Waals surface area contributed by atoms with E-state index in [4.69, 9.17) is 0 Å². The highest BCUT2D eigenvalue weighted by molar-refractivity contribution is 6.25. The molecule has 2 aliphatic rings. The lowest BCUT2D eigenvalue weighted by Crippen LogP contribution is -2.54. The van der Waals surface area contributed by atoms with Gasteiger partial charge in [-0.3, -0.25) is 34.2 Å². The molecule has 37 heavy (non-hydrogen) atoms. The molecule has 1 fully saturated rings. The maximum atomic E-state index is 13.7. The van der Waals surface area contributed by atoms with Gasteiger partial charge in [-0.2, -0.15) is 8.78 Å². The number of nitrogens with one attached hydrogen (secondary N) is 2. The van der Waals surface area contributed by atoms with Crippen LogP contribution in [0.5, 0.6) is 5.75 Å². The van der Waals surface area contributed by atoms with Crippen molar-refractivity contribution in [3.63, 3.8) is 0 Å².